The van der Waals surface area contributed by atoms with Crippen molar-refractivity contribution < 1.29 is 17.6 Å². The zero-order valence-electron chi connectivity index (χ0n) is 14.8. The normalized spacial score (nSPS) is 16.9. The summed E-state index contributed by atoms with van der Waals surface area (Å²) in [5, 5.41) is 7.16. The first-order chi connectivity index (χ1) is 12.2. The molecular formula is C17H21FN4O3S. The van der Waals surface area contributed by atoms with Crippen LogP contribution in [0.15, 0.2) is 35.4 Å². The van der Waals surface area contributed by atoms with Crippen LogP contribution >= 0.6 is 0 Å². The van der Waals surface area contributed by atoms with Gasteiger partial charge < -0.3 is 5.32 Å². The van der Waals surface area contributed by atoms with Crippen molar-refractivity contribution in [3.63, 3.8) is 0 Å². The van der Waals surface area contributed by atoms with Gasteiger partial charge in [-0.3, -0.25) is 9.48 Å². The highest BCUT2D eigenvalue weighted by Gasteiger charge is 2.40. The summed E-state index contributed by atoms with van der Waals surface area (Å²) >= 11 is 0. The fourth-order valence-electron chi connectivity index (χ4n) is 3.01. The minimum Gasteiger partial charge on any atom is -0.349 e. The number of nitrogens with zero attached hydrogens (tertiary/aromatic N) is 3. The summed E-state index contributed by atoms with van der Waals surface area (Å²) in [6.45, 7) is 3.97. The number of carbonyl (C=O) groups is 1. The Kier molecular flexibility index (Phi) is 4.85. The second-order valence-corrected chi connectivity index (χ2v) is 8.48. The van der Waals surface area contributed by atoms with Crippen molar-refractivity contribution in [2.45, 2.75) is 24.8 Å². The molecule has 0 radical (unpaired) electrons. The van der Waals surface area contributed by atoms with Gasteiger partial charge in [-0.05, 0) is 38.1 Å². The summed E-state index contributed by atoms with van der Waals surface area (Å²) in [6, 6.07) is 4.46. The first kappa shape index (κ1) is 18.5. The quantitative estimate of drug-likeness (QED) is 0.849. The Balaban J connectivity index is 1.59. The van der Waals surface area contributed by atoms with E-state index < -0.39 is 21.8 Å². The van der Waals surface area contributed by atoms with Gasteiger partial charge in [0.1, 0.15) is 5.82 Å². The Labute approximate surface area is 151 Å². The Bertz CT molecular complexity index is 918. The number of rotatable bonds is 5. The van der Waals surface area contributed by atoms with Crippen LogP contribution in [0.3, 0.4) is 0 Å². The van der Waals surface area contributed by atoms with Crippen LogP contribution in [0.2, 0.25) is 0 Å². The molecule has 0 bridgehead atoms. The van der Waals surface area contributed by atoms with Crippen LogP contribution in [0.25, 0.3) is 0 Å². The van der Waals surface area contributed by atoms with Crippen LogP contribution in [-0.2, 0) is 21.9 Å². The maximum Gasteiger partial charge on any atom is 0.243 e. The van der Waals surface area contributed by atoms with Crippen LogP contribution in [0, 0.1) is 18.7 Å². The van der Waals surface area contributed by atoms with Crippen molar-refractivity contribution in [2.24, 2.45) is 13.0 Å². The number of amides is 1. The van der Waals surface area contributed by atoms with E-state index in [0.717, 1.165) is 23.4 Å². The maximum absolute atomic E-state index is 13.0. The third-order valence-electron chi connectivity index (χ3n) is 4.55. The minimum absolute atomic E-state index is 0.0251. The van der Waals surface area contributed by atoms with E-state index >= 15 is 0 Å². The van der Waals surface area contributed by atoms with Crippen LogP contribution in [0.4, 0.5) is 4.39 Å². The summed E-state index contributed by atoms with van der Waals surface area (Å²) in [5.41, 5.74) is 1.77. The zero-order valence-corrected chi connectivity index (χ0v) is 15.6. The Morgan fingerprint density at radius 2 is 1.92 bits per heavy atom. The van der Waals surface area contributed by atoms with E-state index in [0.29, 0.717) is 0 Å². The Hall–Kier alpha value is -2.26. The highest BCUT2D eigenvalue weighted by molar-refractivity contribution is 7.89. The fourth-order valence-corrected chi connectivity index (χ4v) is 4.54. The van der Waals surface area contributed by atoms with E-state index in [1.54, 1.807) is 4.68 Å². The highest BCUT2D eigenvalue weighted by Crippen LogP contribution is 2.26. The van der Waals surface area contributed by atoms with Crippen LogP contribution in [-0.4, -0.2) is 41.5 Å². The third-order valence-corrected chi connectivity index (χ3v) is 6.39. The SMILES string of the molecule is Cc1nn(C)cc1C(C)NC(=O)C1CN(S(=O)(=O)c2ccc(F)cc2)C1. The molecule has 1 amide bonds. The molecule has 1 fully saturated rings. The van der Waals surface area contributed by atoms with Gasteiger partial charge in [0.05, 0.1) is 22.5 Å². The number of hydrogen-bond acceptors (Lipinski definition) is 4. The van der Waals surface area contributed by atoms with Crippen molar-refractivity contribution in [3.8, 4) is 0 Å². The van der Waals surface area contributed by atoms with Gasteiger partial charge in [-0.15, -0.1) is 0 Å². The van der Waals surface area contributed by atoms with Crippen molar-refractivity contribution in [2.75, 3.05) is 13.1 Å². The lowest BCUT2D eigenvalue weighted by molar-refractivity contribution is -0.128. The number of aromatic nitrogens is 2. The molecule has 9 heteroatoms. The predicted octanol–water partition coefficient (Wildman–Crippen LogP) is 1.37. The van der Waals surface area contributed by atoms with E-state index in [2.05, 4.69) is 10.4 Å². The molecule has 1 aliphatic heterocycles. The van der Waals surface area contributed by atoms with Gasteiger partial charge in [0.2, 0.25) is 15.9 Å². The molecular weight excluding hydrogens is 359 g/mol. The first-order valence-corrected chi connectivity index (χ1v) is 9.68. The largest absolute Gasteiger partial charge is 0.349 e. The molecule has 26 heavy (non-hydrogen) atoms. The lowest BCUT2D eigenvalue weighted by Gasteiger charge is -2.37. The molecule has 1 unspecified atom stereocenters. The number of nitrogens with one attached hydrogen (secondary N) is 1. The number of hydrogen-bond donors (Lipinski definition) is 1. The van der Waals surface area contributed by atoms with Crippen LogP contribution in [0.1, 0.15) is 24.2 Å². The molecule has 3 rings (SSSR count). The second kappa shape index (κ2) is 6.81. The van der Waals surface area contributed by atoms with E-state index in [4.69, 9.17) is 0 Å². The average Bonchev–Trinajstić information content (AvgIpc) is 2.84. The second-order valence-electron chi connectivity index (χ2n) is 6.55. The summed E-state index contributed by atoms with van der Waals surface area (Å²) in [6.07, 6.45) is 1.85. The zero-order chi connectivity index (χ0) is 19.1. The number of carbonyl (C=O) groups excluding carboxylic acids is 1. The van der Waals surface area contributed by atoms with E-state index in [1.807, 2.05) is 27.1 Å². The van der Waals surface area contributed by atoms with Gasteiger partial charge in [0, 0.05) is 31.9 Å². The van der Waals surface area contributed by atoms with E-state index in [1.165, 1.54) is 16.4 Å². The number of benzene rings is 1. The fraction of sp³-hybridized carbons (Fsp3) is 0.412. The molecule has 1 aliphatic rings. The predicted molar refractivity (Wildman–Crippen MR) is 93.2 cm³/mol. The first-order valence-electron chi connectivity index (χ1n) is 8.24. The topological polar surface area (TPSA) is 84.3 Å². The molecule has 140 valence electrons. The van der Waals surface area contributed by atoms with Crippen molar-refractivity contribution >= 4 is 15.9 Å². The van der Waals surface area contributed by atoms with E-state index in [-0.39, 0.29) is 29.9 Å². The van der Waals surface area contributed by atoms with E-state index in [9.17, 15) is 17.6 Å². The molecule has 1 aromatic carbocycles. The number of halogens is 1. The van der Waals surface area contributed by atoms with Gasteiger partial charge in [-0.25, -0.2) is 12.8 Å². The molecule has 0 spiro atoms. The third kappa shape index (κ3) is 3.49. The van der Waals surface area contributed by atoms with Crippen LogP contribution in [0.5, 0.6) is 0 Å². The van der Waals surface area contributed by atoms with Gasteiger partial charge >= 0.3 is 0 Å². The van der Waals surface area contributed by atoms with Crippen molar-refractivity contribution in [1.82, 2.24) is 19.4 Å². The van der Waals surface area contributed by atoms with Gasteiger partial charge in [0.15, 0.2) is 0 Å². The molecule has 1 atom stereocenters. The molecule has 2 heterocycles. The standard InChI is InChI=1S/C17H21FN4O3S/c1-11(16-10-21(3)20-12(16)2)19-17(23)13-8-22(9-13)26(24,25)15-6-4-14(18)5-7-15/h4-7,10-11,13H,8-9H2,1-3H3,(H,19,23). The molecule has 1 N–H and O–H groups in total. The molecule has 1 aromatic heterocycles. The van der Waals surface area contributed by atoms with Crippen molar-refractivity contribution in [1.29, 1.82) is 0 Å². The smallest absolute Gasteiger partial charge is 0.243 e. The Morgan fingerprint density at radius 3 is 2.46 bits per heavy atom. The molecule has 7 nitrogen and oxygen atoms in total. The lowest BCUT2D eigenvalue weighted by atomic mass is 10.0. The lowest BCUT2D eigenvalue weighted by Crippen LogP contribution is -2.55. The van der Waals surface area contributed by atoms with Gasteiger partial charge in [-0.1, -0.05) is 0 Å². The maximum atomic E-state index is 13.0. The van der Waals surface area contributed by atoms with Gasteiger partial charge in [0.25, 0.3) is 0 Å². The Morgan fingerprint density at radius 1 is 1.31 bits per heavy atom. The molecule has 1 saturated heterocycles. The van der Waals surface area contributed by atoms with Crippen molar-refractivity contribution in [3.05, 3.63) is 47.5 Å². The summed E-state index contributed by atoms with van der Waals surface area (Å²) in [5.74, 6) is -1.08. The average molecular weight is 380 g/mol. The van der Waals surface area contributed by atoms with Crippen LogP contribution < -0.4 is 5.32 Å². The summed E-state index contributed by atoms with van der Waals surface area (Å²) in [7, 11) is -1.88. The molecule has 2 aromatic rings. The number of sulfonamides is 1. The highest BCUT2D eigenvalue weighted by atomic mass is 32.2. The monoisotopic (exact) mass is 380 g/mol. The summed E-state index contributed by atoms with van der Waals surface area (Å²) < 4.78 is 40.8. The molecule has 0 aliphatic carbocycles. The van der Waals surface area contributed by atoms with Gasteiger partial charge in [-0.2, -0.15) is 9.40 Å². The minimum atomic E-state index is -3.70. The molecule has 0 saturated carbocycles. The summed E-state index contributed by atoms with van der Waals surface area (Å²) in [4.78, 5) is 12.4. The number of aryl methyl sites for hydroxylation is 2.